The van der Waals surface area contributed by atoms with E-state index in [9.17, 15) is 9.59 Å². The number of hydrogen-bond donors (Lipinski definition) is 1. The van der Waals surface area contributed by atoms with Gasteiger partial charge in [0.2, 0.25) is 0 Å². The number of hydrogen-bond acceptors (Lipinski definition) is 5. The third-order valence-corrected chi connectivity index (χ3v) is 5.25. The number of benzene rings is 1. The molecule has 1 fully saturated rings. The third-order valence-electron chi connectivity index (χ3n) is 5.25. The molecule has 1 aromatic carbocycles. The van der Waals surface area contributed by atoms with Crippen molar-refractivity contribution in [3.05, 3.63) is 47.5 Å². The first kappa shape index (κ1) is 19.5. The van der Waals surface area contributed by atoms with E-state index in [1.807, 2.05) is 53.0 Å². The number of nitrogens with one attached hydrogen (secondary N) is 1. The summed E-state index contributed by atoms with van der Waals surface area (Å²) in [5.74, 6) is -0.646. The lowest BCUT2D eigenvalue weighted by atomic mass is 9.77. The normalized spacial score (nSPS) is 21.4. The SMILES string of the molecule is CNCC(=Cc1ccc(N2C(=O)C=CC2=O)cc1)B1OC(C)(C)C(C)(C)O1. The van der Waals surface area contributed by atoms with Gasteiger partial charge in [-0.25, -0.2) is 4.90 Å². The minimum atomic E-state index is -0.437. The smallest absolute Gasteiger partial charge is 0.400 e. The van der Waals surface area contributed by atoms with Gasteiger partial charge in [0.1, 0.15) is 0 Å². The Balaban J connectivity index is 1.83. The van der Waals surface area contributed by atoms with E-state index in [2.05, 4.69) is 5.32 Å². The summed E-state index contributed by atoms with van der Waals surface area (Å²) in [4.78, 5) is 24.7. The van der Waals surface area contributed by atoms with E-state index in [-0.39, 0.29) is 11.8 Å². The summed E-state index contributed by atoms with van der Waals surface area (Å²) in [6.45, 7) is 8.72. The van der Waals surface area contributed by atoms with Crippen LogP contribution in [0, 0.1) is 0 Å². The Hall–Kier alpha value is -2.22. The lowest BCUT2D eigenvalue weighted by molar-refractivity contribution is -0.119. The van der Waals surface area contributed by atoms with Crippen LogP contribution in [0.2, 0.25) is 0 Å². The molecule has 0 saturated carbocycles. The zero-order valence-electron chi connectivity index (χ0n) is 16.4. The highest BCUT2D eigenvalue weighted by Crippen LogP contribution is 2.38. The van der Waals surface area contributed by atoms with Crippen molar-refractivity contribution in [2.75, 3.05) is 18.5 Å². The molecular formula is C20H25BN2O4. The van der Waals surface area contributed by atoms with Crippen molar-refractivity contribution in [3.63, 3.8) is 0 Å². The van der Waals surface area contributed by atoms with Gasteiger partial charge in [-0.15, -0.1) is 0 Å². The molecule has 6 nitrogen and oxygen atoms in total. The molecule has 0 unspecified atom stereocenters. The fourth-order valence-electron chi connectivity index (χ4n) is 2.99. The number of carbonyl (C=O) groups is 2. The molecule has 0 aliphatic carbocycles. The van der Waals surface area contributed by atoms with Crippen LogP contribution in [0.1, 0.15) is 33.3 Å². The second-order valence-corrected chi connectivity index (χ2v) is 7.77. The zero-order chi connectivity index (χ0) is 19.8. The molecule has 0 radical (unpaired) electrons. The Morgan fingerprint density at radius 2 is 1.56 bits per heavy atom. The maximum atomic E-state index is 11.8. The van der Waals surface area contributed by atoms with E-state index in [0.717, 1.165) is 15.9 Å². The van der Waals surface area contributed by atoms with Crippen molar-refractivity contribution in [1.29, 1.82) is 0 Å². The molecule has 2 aliphatic rings. The average molecular weight is 368 g/mol. The van der Waals surface area contributed by atoms with Gasteiger partial charge in [0.05, 0.1) is 16.9 Å². The molecule has 2 amide bonds. The molecule has 27 heavy (non-hydrogen) atoms. The standard InChI is InChI=1S/C20H25BN2O4/c1-19(2)20(3,4)27-21(26-19)15(13-22-5)12-14-6-8-16(9-7-14)23-17(24)10-11-18(23)25/h6-12,22H,13H2,1-5H3. The number of carbonyl (C=O) groups excluding carboxylic acids is 2. The molecule has 1 saturated heterocycles. The predicted molar refractivity (Wildman–Crippen MR) is 106 cm³/mol. The summed E-state index contributed by atoms with van der Waals surface area (Å²) in [5, 5.41) is 3.15. The molecule has 142 valence electrons. The molecule has 0 atom stereocenters. The molecule has 2 aliphatic heterocycles. The molecule has 7 heteroatoms. The Bertz CT molecular complexity index is 778. The minimum absolute atomic E-state index is 0.323. The van der Waals surface area contributed by atoms with Crippen LogP contribution in [0.3, 0.4) is 0 Å². The van der Waals surface area contributed by atoms with Gasteiger partial charge in [0.15, 0.2) is 0 Å². The molecule has 3 rings (SSSR count). The van der Waals surface area contributed by atoms with E-state index < -0.39 is 18.3 Å². The van der Waals surface area contributed by atoms with Gasteiger partial charge in [-0.1, -0.05) is 18.2 Å². The predicted octanol–water partition coefficient (Wildman–Crippen LogP) is 2.35. The van der Waals surface area contributed by atoms with Crippen molar-refractivity contribution >= 4 is 30.7 Å². The summed E-state index contributed by atoms with van der Waals surface area (Å²) in [7, 11) is 1.44. The van der Waals surface area contributed by atoms with Gasteiger partial charge in [-0.3, -0.25) is 9.59 Å². The lowest BCUT2D eigenvalue weighted by Gasteiger charge is -2.32. The fraction of sp³-hybridized carbons (Fsp3) is 0.400. The van der Waals surface area contributed by atoms with Gasteiger partial charge in [0, 0.05) is 18.7 Å². The maximum absolute atomic E-state index is 11.8. The van der Waals surface area contributed by atoms with E-state index >= 15 is 0 Å². The summed E-state index contributed by atoms with van der Waals surface area (Å²) >= 11 is 0. The average Bonchev–Trinajstić information content (AvgIpc) is 3.03. The first-order valence-electron chi connectivity index (χ1n) is 9.01. The van der Waals surface area contributed by atoms with Gasteiger partial charge in [-0.05, 0) is 57.9 Å². The van der Waals surface area contributed by atoms with Gasteiger partial charge in [0.25, 0.3) is 11.8 Å². The maximum Gasteiger partial charge on any atom is 0.491 e. The zero-order valence-corrected chi connectivity index (χ0v) is 16.4. The Kier molecular flexibility index (Phi) is 5.12. The highest BCUT2D eigenvalue weighted by atomic mass is 16.7. The summed E-state index contributed by atoms with van der Waals surface area (Å²) < 4.78 is 12.3. The van der Waals surface area contributed by atoms with Crippen molar-refractivity contribution in [2.45, 2.75) is 38.9 Å². The van der Waals surface area contributed by atoms with Gasteiger partial charge < -0.3 is 14.6 Å². The van der Waals surface area contributed by atoms with Crippen LogP contribution >= 0.6 is 0 Å². The first-order chi connectivity index (χ1) is 12.6. The van der Waals surface area contributed by atoms with E-state index in [4.69, 9.17) is 9.31 Å². The van der Waals surface area contributed by atoms with E-state index in [1.165, 1.54) is 12.2 Å². The minimum Gasteiger partial charge on any atom is -0.400 e. The second-order valence-electron chi connectivity index (χ2n) is 7.77. The van der Waals surface area contributed by atoms with Crippen LogP contribution in [0.25, 0.3) is 6.08 Å². The van der Waals surface area contributed by atoms with E-state index in [0.29, 0.717) is 12.2 Å². The van der Waals surface area contributed by atoms with Crippen LogP contribution in [-0.2, 0) is 18.9 Å². The Morgan fingerprint density at radius 1 is 1.04 bits per heavy atom. The second kappa shape index (κ2) is 7.07. The van der Waals surface area contributed by atoms with Crippen LogP contribution in [0.15, 0.2) is 41.9 Å². The number of likely N-dealkylation sites (N-methyl/N-ethyl adjacent to an activating group) is 1. The largest absolute Gasteiger partial charge is 0.491 e. The monoisotopic (exact) mass is 368 g/mol. The van der Waals surface area contributed by atoms with Gasteiger partial charge in [-0.2, -0.15) is 0 Å². The fourth-order valence-corrected chi connectivity index (χ4v) is 2.99. The number of imide groups is 1. The van der Waals surface area contributed by atoms with Gasteiger partial charge >= 0.3 is 7.12 Å². The van der Waals surface area contributed by atoms with E-state index in [1.54, 1.807) is 12.1 Å². The number of anilines is 1. The molecule has 2 heterocycles. The Morgan fingerprint density at radius 3 is 2.04 bits per heavy atom. The molecule has 1 aromatic rings. The number of rotatable bonds is 5. The first-order valence-corrected chi connectivity index (χ1v) is 9.01. The molecule has 0 aromatic heterocycles. The van der Waals surface area contributed by atoms with Crippen molar-refractivity contribution in [1.82, 2.24) is 5.32 Å². The quantitative estimate of drug-likeness (QED) is 0.638. The number of nitrogens with zero attached hydrogens (tertiary/aromatic N) is 1. The van der Waals surface area contributed by atoms with Crippen molar-refractivity contribution in [2.24, 2.45) is 0 Å². The molecule has 0 spiro atoms. The summed E-state index contributed by atoms with van der Waals surface area (Å²) in [5.41, 5.74) is 1.65. The molecule has 1 N–H and O–H groups in total. The summed E-state index contributed by atoms with van der Waals surface area (Å²) in [6, 6.07) is 7.26. The van der Waals surface area contributed by atoms with Crippen molar-refractivity contribution < 1.29 is 18.9 Å². The van der Waals surface area contributed by atoms with Crippen molar-refractivity contribution in [3.8, 4) is 0 Å². The number of amides is 2. The van der Waals surface area contributed by atoms with Crippen LogP contribution < -0.4 is 10.2 Å². The summed E-state index contributed by atoms with van der Waals surface area (Å²) in [6.07, 6.45) is 4.56. The third kappa shape index (κ3) is 3.76. The molecule has 0 bridgehead atoms. The van der Waals surface area contributed by atoms with Crippen LogP contribution in [-0.4, -0.2) is 43.7 Å². The Labute approximate surface area is 160 Å². The van der Waals surface area contributed by atoms with Crippen LogP contribution in [0.5, 0.6) is 0 Å². The highest BCUT2D eigenvalue weighted by Gasteiger charge is 2.52. The van der Waals surface area contributed by atoms with Crippen LogP contribution in [0.4, 0.5) is 5.69 Å². The highest BCUT2D eigenvalue weighted by molar-refractivity contribution is 6.55. The topological polar surface area (TPSA) is 67.9 Å². The molecular weight excluding hydrogens is 343 g/mol. The lowest BCUT2D eigenvalue weighted by Crippen LogP contribution is -2.41.